The second kappa shape index (κ2) is 5.62. The smallest absolute Gasteiger partial charge is 0.370 e. The highest BCUT2D eigenvalue weighted by Gasteiger charge is 2.28. The monoisotopic (exact) mass is 254 g/mol. The predicted octanol–water partition coefficient (Wildman–Crippen LogP) is 2.14. The van der Waals surface area contributed by atoms with E-state index < -0.39 is 18.8 Å². The number of alkyl halides is 3. The van der Waals surface area contributed by atoms with Crippen molar-refractivity contribution in [2.75, 3.05) is 13.2 Å². The van der Waals surface area contributed by atoms with E-state index in [2.05, 4.69) is 10.2 Å². The normalized spacial score (nSPS) is 14.1. The highest BCUT2D eigenvalue weighted by Crippen LogP contribution is 2.23. The van der Waals surface area contributed by atoms with Gasteiger partial charge in [-0.15, -0.1) is 11.3 Å². The molecule has 0 aromatic carbocycles. The lowest BCUT2D eigenvalue weighted by molar-refractivity contribution is -0.175. The third kappa shape index (κ3) is 4.09. The topological polar surface area (TPSA) is 47.3 Å². The van der Waals surface area contributed by atoms with Crippen molar-refractivity contribution in [2.24, 2.45) is 5.84 Å². The average molecular weight is 254 g/mol. The van der Waals surface area contributed by atoms with Crippen LogP contribution in [0.4, 0.5) is 13.2 Å². The third-order valence-corrected chi connectivity index (χ3v) is 2.89. The fourth-order valence-electron chi connectivity index (χ4n) is 1.28. The van der Waals surface area contributed by atoms with E-state index in [0.29, 0.717) is 0 Å². The van der Waals surface area contributed by atoms with Crippen molar-refractivity contribution in [2.45, 2.75) is 19.1 Å². The minimum atomic E-state index is -4.30. The van der Waals surface area contributed by atoms with Crippen LogP contribution in [0, 0.1) is 6.92 Å². The van der Waals surface area contributed by atoms with Gasteiger partial charge in [0.15, 0.2) is 0 Å². The first-order chi connectivity index (χ1) is 7.44. The molecular formula is C9H13F3N2OS. The highest BCUT2D eigenvalue weighted by molar-refractivity contribution is 7.10. The van der Waals surface area contributed by atoms with Crippen LogP contribution in [-0.4, -0.2) is 19.4 Å². The van der Waals surface area contributed by atoms with Gasteiger partial charge in [0.1, 0.15) is 6.61 Å². The molecule has 1 rings (SSSR count). The molecule has 1 aromatic heterocycles. The first kappa shape index (κ1) is 13.4. The van der Waals surface area contributed by atoms with E-state index >= 15 is 0 Å². The van der Waals surface area contributed by atoms with Gasteiger partial charge in [0.25, 0.3) is 0 Å². The van der Waals surface area contributed by atoms with Crippen LogP contribution in [0.5, 0.6) is 0 Å². The van der Waals surface area contributed by atoms with Crippen LogP contribution in [-0.2, 0) is 4.74 Å². The number of halogens is 3. The Labute approximate surface area is 95.4 Å². The van der Waals surface area contributed by atoms with Crippen molar-refractivity contribution in [3.05, 3.63) is 21.9 Å². The second-order valence-electron chi connectivity index (χ2n) is 3.28. The summed E-state index contributed by atoms with van der Waals surface area (Å²) in [6, 6.07) is 1.41. The Morgan fingerprint density at radius 3 is 2.69 bits per heavy atom. The van der Waals surface area contributed by atoms with Crippen LogP contribution in [0.1, 0.15) is 16.5 Å². The zero-order valence-corrected chi connectivity index (χ0v) is 9.49. The van der Waals surface area contributed by atoms with Gasteiger partial charge in [-0.2, -0.15) is 13.2 Å². The first-order valence-corrected chi connectivity index (χ1v) is 5.46. The molecule has 0 aliphatic rings. The molecule has 1 atom stereocenters. The highest BCUT2D eigenvalue weighted by atomic mass is 32.1. The Bertz CT molecular complexity index is 327. The average Bonchev–Trinajstić information content (AvgIpc) is 2.58. The molecule has 92 valence electrons. The van der Waals surface area contributed by atoms with E-state index in [-0.39, 0.29) is 6.61 Å². The molecule has 1 heterocycles. The fraction of sp³-hybridized carbons (Fsp3) is 0.556. The summed E-state index contributed by atoms with van der Waals surface area (Å²) in [4.78, 5) is 1.01. The number of rotatable bonds is 5. The SMILES string of the molecule is Cc1sccc1C(COCC(F)(F)F)NN. The van der Waals surface area contributed by atoms with Crippen LogP contribution in [0.3, 0.4) is 0 Å². The second-order valence-corrected chi connectivity index (χ2v) is 4.40. The van der Waals surface area contributed by atoms with Gasteiger partial charge in [0.2, 0.25) is 0 Å². The maximum absolute atomic E-state index is 11.9. The molecule has 0 bridgehead atoms. The number of hydrazine groups is 1. The molecule has 0 radical (unpaired) electrons. The third-order valence-electron chi connectivity index (χ3n) is 2.03. The Balaban J connectivity index is 2.48. The minimum absolute atomic E-state index is 0.104. The van der Waals surface area contributed by atoms with Crippen molar-refractivity contribution in [1.29, 1.82) is 0 Å². The number of nitrogens with one attached hydrogen (secondary N) is 1. The van der Waals surface area contributed by atoms with Crippen molar-refractivity contribution in [3.8, 4) is 0 Å². The number of hydrogen-bond acceptors (Lipinski definition) is 4. The van der Waals surface area contributed by atoms with Crippen LogP contribution >= 0.6 is 11.3 Å². The lowest BCUT2D eigenvalue weighted by atomic mass is 10.1. The molecule has 0 saturated carbocycles. The Morgan fingerprint density at radius 1 is 1.56 bits per heavy atom. The summed E-state index contributed by atoms with van der Waals surface area (Å²) in [5, 5.41) is 1.86. The van der Waals surface area contributed by atoms with E-state index in [0.717, 1.165) is 10.4 Å². The summed E-state index contributed by atoms with van der Waals surface area (Å²) in [5.41, 5.74) is 3.32. The molecule has 0 spiro atoms. The standard InChI is InChI=1S/C9H13F3N2OS/c1-6-7(2-3-16-6)8(14-13)4-15-5-9(10,11)12/h2-3,8,14H,4-5,13H2,1H3. The van der Waals surface area contributed by atoms with Crippen LogP contribution in [0.25, 0.3) is 0 Å². The molecule has 0 amide bonds. The quantitative estimate of drug-likeness (QED) is 0.625. The van der Waals surface area contributed by atoms with Gasteiger partial charge in [-0.05, 0) is 23.9 Å². The number of aryl methyl sites for hydroxylation is 1. The van der Waals surface area contributed by atoms with Gasteiger partial charge in [-0.3, -0.25) is 11.3 Å². The van der Waals surface area contributed by atoms with Crippen LogP contribution in [0.2, 0.25) is 0 Å². The van der Waals surface area contributed by atoms with Gasteiger partial charge in [-0.1, -0.05) is 0 Å². The zero-order chi connectivity index (χ0) is 12.2. The minimum Gasteiger partial charge on any atom is -0.370 e. The Hall–Kier alpha value is -0.630. The predicted molar refractivity (Wildman–Crippen MR) is 56.0 cm³/mol. The van der Waals surface area contributed by atoms with E-state index in [1.165, 1.54) is 11.3 Å². The molecule has 0 saturated heterocycles. The number of ether oxygens (including phenoxy) is 1. The summed E-state index contributed by atoms with van der Waals surface area (Å²) in [5.74, 6) is 5.28. The van der Waals surface area contributed by atoms with E-state index in [1.54, 1.807) is 0 Å². The molecule has 0 fully saturated rings. The number of nitrogens with two attached hydrogens (primary N) is 1. The van der Waals surface area contributed by atoms with Gasteiger partial charge in [0.05, 0.1) is 12.6 Å². The molecule has 0 aliphatic heterocycles. The van der Waals surface area contributed by atoms with Crippen LogP contribution < -0.4 is 11.3 Å². The largest absolute Gasteiger partial charge is 0.411 e. The molecule has 0 aliphatic carbocycles. The van der Waals surface area contributed by atoms with Gasteiger partial charge in [-0.25, -0.2) is 0 Å². The van der Waals surface area contributed by atoms with Gasteiger partial charge < -0.3 is 4.74 Å². The molecule has 3 nitrogen and oxygen atoms in total. The number of thiophene rings is 1. The van der Waals surface area contributed by atoms with Crippen molar-refractivity contribution in [3.63, 3.8) is 0 Å². The lowest BCUT2D eigenvalue weighted by Gasteiger charge is -2.16. The van der Waals surface area contributed by atoms with Crippen molar-refractivity contribution >= 4 is 11.3 Å². The number of hydrogen-bond donors (Lipinski definition) is 2. The molecular weight excluding hydrogens is 241 g/mol. The van der Waals surface area contributed by atoms with Gasteiger partial charge in [0, 0.05) is 4.88 Å². The van der Waals surface area contributed by atoms with Crippen LogP contribution in [0.15, 0.2) is 11.4 Å². The molecule has 16 heavy (non-hydrogen) atoms. The molecule has 1 aromatic rings. The summed E-state index contributed by atoms with van der Waals surface area (Å²) < 4.78 is 40.1. The summed E-state index contributed by atoms with van der Waals surface area (Å²) in [6.45, 7) is 0.524. The van der Waals surface area contributed by atoms with E-state index in [4.69, 9.17) is 5.84 Å². The van der Waals surface area contributed by atoms with E-state index in [9.17, 15) is 13.2 Å². The van der Waals surface area contributed by atoms with Crippen molar-refractivity contribution in [1.82, 2.24) is 5.43 Å². The van der Waals surface area contributed by atoms with Gasteiger partial charge >= 0.3 is 6.18 Å². The summed E-state index contributed by atoms with van der Waals surface area (Å²) in [6.07, 6.45) is -4.30. The lowest BCUT2D eigenvalue weighted by Crippen LogP contribution is -2.32. The maximum Gasteiger partial charge on any atom is 0.411 e. The molecule has 7 heteroatoms. The Kier molecular flexibility index (Phi) is 4.72. The van der Waals surface area contributed by atoms with Crippen molar-refractivity contribution < 1.29 is 17.9 Å². The zero-order valence-electron chi connectivity index (χ0n) is 8.67. The summed E-state index contributed by atoms with van der Waals surface area (Å²) in [7, 11) is 0. The summed E-state index contributed by atoms with van der Waals surface area (Å²) >= 11 is 1.51. The molecule has 3 N–H and O–H groups in total. The fourth-order valence-corrected chi connectivity index (χ4v) is 2.04. The maximum atomic E-state index is 11.9. The first-order valence-electron chi connectivity index (χ1n) is 4.58. The molecule has 1 unspecified atom stereocenters. The van der Waals surface area contributed by atoms with E-state index in [1.807, 2.05) is 18.4 Å². The Morgan fingerprint density at radius 2 is 2.25 bits per heavy atom.